The van der Waals surface area contributed by atoms with Gasteiger partial charge in [-0.25, -0.2) is 4.79 Å². The predicted molar refractivity (Wildman–Crippen MR) is 113 cm³/mol. The van der Waals surface area contributed by atoms with Crippen molar-refractivity contribution >= 4 is 5.97 Å². The third kappa shape index (κ3) is 3.35. The maximum absolute atomic E-state index is 13.0. The second-order valence-corrected chi connectivity index (χ2v) is 6.42. The van der Waals surface area contributed by atoms with Crippen molar-refractivity contribution in [3.63, 3.8) is 0 Å². The summed E-state index contributed by atoms with van der Waals surface area (Å²) in [4.78, 5) is 13.0. The van der Waals surface area contributed by atoms with Crippen LogP contribution in [0.4, 0.5) is 0 Å². The van der Waals surface area contributed by atoms with Gasteiger partial charge >= 0.3 is 5.97 Å². The lowest BCUT2D eigenvalue weighted by atomic mass is 10.0. The number of nitrogens with zero attached hydrogens (tertiary/aromatic N) is 1. The number of benzene rings is 3. The van der Waals surface area contributed by atoms with Crippen molar-refractivity contribution in [1.29, 1.82) is 0 Å². The Morgan fingerprint density at radius 1 is 0.786 bits per heavy atom. The molecule has 0 saturated heterocycles. The summed E-state index contributed by atoms with van der Waals surface area (Å²) in [6.07, 6.45) is 0. The molecule has 0 saturated carbocycles. The minimum atomic E-state index is -0.326. The van der Waals surface area contributed by atoms with Crippen LogP contribution in [0.3, 0.4) is 0 Å². The van der Waals surface area contributed by atoms with Crippen molar-refractivity contribution in [2.24, 2.45) is 0 Å². The fourth-order valence-corrected chi connectivity index (χ4v) is 3.42. The third-order valence-corrected chi connectivity index (χ3v) is 4.64. The van der Waals surface area contributed by atoms with E-state index in [0.29, 0.717) is 12.3 Å². The van der Waals surface area contributed by atoms with Gasteiger partial charge in [0.25, 0.3) is 0 Å². The van der Waals surface area contributed by atoms with Crippen LogP contribution in [0, 0.1) is 0 Å². The van der Waals surface area contributed by atoms with E-state index in [1.165, 1.54) is 0 Å². The molecular weight excluding hydrogens is 346 g/mol. The first-order valence-corrected chi connectivity index (χ1v) is 9.38. The van der Waals surface area contributed by atoms with Crippen molar-refractivity contribution in [3.05, 3.63) is 103 Å². The zero-order chi connectivity index (χ0) is 19.3. The fourth-order valence-electron chi connectivity index (χ4n) is 3.42. The molecule has 1 heterocycles. The highest BCUT2D eigenvalue weighted by Gasteiger charge is 2.25. The maximum Gasteiger partial charge on any atom is 0.355 e. The minimum absolute atomic E-state index is 0.326. The lowest BCUT2D eigenvalue weighted by Crippen LogP contribution is -2.13. The zero-order valence-electron chi connectivity index (χ0n) is 15.7. The Morgan fingerprint density at radius 3 is 1.89 bits per heavy atom. The molecule has 0 fully saturated rings. The first-order valence-electron chi connectivity index (χ1n) is 9.38. The van der Waals surface area contributed by atoms with E-state index >= 15 is 0 Å². The summed E-state index contributed by atoms with van der Waals surface area (Å²) in [5.74, 6) is -0.326. The summed E-state index contributed by atoms with van der Waals surface area (Å²) in [6, 6.07) is 32.1. The van der Waals surface area contributed by atoms with Gasteiger partial charge < -0.3 is 9.30 Å². The average Bonchev–Trinajstić information content (AvgIpc) is 3.17. The molecule has 0 bridgehead atoms. The highest BCUT2D eigenvalue weighted by Crippen LogP contribution is 2.35. The van der Waals surface area contributed by atoms with Gasteiger partial charge in [-0.2, -0.15) is 0 Å². The van der Waals surface area contributed by atoms with Gasteiger partial charge in [-0.15, -0.1) is 0 Å². The Bertz CT molecular complexity index is 1070. The van der Waals surface area contributed by atoms with E-state index in [1.54, 1.807) is 0 Å². The summed E-state index contributed by atoms with van der Waals surface area (Å²) in [5, 5.41) is 0. The van der Waals surface area contributed by atoms with Gasteiger partial charge in [-0.1, -0.05) is 78.9 Å². The minimum Gasteiger partial charge on any atom is -0.461 e. The molecule has 4 rings (SSSR count). The second kappa shape index (κ2) is 7.97. The molecule has 3 nitrogen and oxygen atoms in total. The van der Waals surface area contributed by atoms with E-state index in [9.17, 15) is 4.79 Å². The highest BCUT2D eigenvalue weighted by molar-refractivity contribution is 5.99. The molecule has 0 atom stereocenters. The first-order chi connectivity index (χ1) is 13.8. The van der Waals surface area contributed by atoms with Gasteiger partial charge in [0, 0.05) is 11.3 Å². The quantitative estimate of drug-likeness (QED) is 0.406. The molecule has 3 heteroatoms. The van der Waals surface area contributed by atoms with Crippen LogP contribution in [0.5, 0.6) is 0 Å². The lowest BCUT2D eigenvalue weighted by molar-refractivity contribution is 0.0518. The monoisotopic (exact) mass is 367 g/mol. The van der Waals surface area contributed by atoms with E-state index in [4.69, 9.17) is 4.74 Å². The zero-order valence-corrected chi connectivity index (χ0v) is 15.7. The molecule has 1 aromatic heterocycles. The molecule has 28 heavy (non-hydrogen) atoms. The molecule has 138 valence electrons. The van der Waals surface area contributed by atoms with Gasteiger partial charge in [0.05, 0.1) is 12.3 Å². The van der Waals surface area contributed by atoms with Crippen molar-refractivity contribution in [3.8, 4) is 28.1 Å². The van der Waals surface area contributed by atoms with Crippen LogP contribution in [-0.4, -0.2) is 17.1 Å². The summed E-state index contributed by atoms with van der Waals surface area (Å²) in [7, 11) is 0. The normalized spacial score (nSPS) is 10.6. The molecule has 0 aliphatic carbocycles. The maximum atomic E-state index is 13.0. The summed E-state index contributed by atoms with van der Waals surface area (Å²) >= 11 is 0. The van der Waals surface area contributed by atoms with E-state index in [1.807, 2.05) is 90.4 Å². The molecule has 0 aliphatic heterocycles. The van der Waals surface area contributed by atoms with Crippen molar-refractivity contribution in [2.45, 2.75) is 6.92 Å². The topological polar surface area (TPSA) is 31.2 Å². The van der Waals surface area contributed by atoms with E-state index in [-0.39, 0.29) is 5.97 Å². The standard InChI is InChI=1S/C25H21NO2/c1-2-28-25(27)24-22(19-12-6-3-7-13-19)18-23(20-14-8-4-9-15-20)26(24)21-16-10-5-11-17-21/h3-18H,2H2,1H3. The van der Waals surface area contributed by atoms with Gasteiger partial charge in [-0.05, 0) is 36.2 Å². The number of hydrogen-bond donors (Lipinski definition) is 0. The summed E-state index contributed by atoms with van der Waals surface area (Å²) < 4.78 is 7.44. The molecule has 0 aliphatic rings. The number of carbonyl (C=O) groups is 1. The Morgan fingerprint density at radius 2 is 1.32 bits per heavy atom. The number of aromatic nitrogens is 1. The molecule has 0 amide bonds. The number of esters is 1. The molecule has 0 N–H and O–H groups in total. The van der Waals surface area contributed by atoms with Crippen LogP contribution in [0.2, 0.25) is 0 Å². The molecule has 0 radical (unpaired) electrons. The Labute approximate surface area is 164 Å². The Kier molecular flexibility index (Phi) is 5.07. The first kappa shape index (κ1) is 17.8. The van der Waals surface area contributed by atoms with Crippen molar-refractivity contribution in [2.75, 3.05) is 6.61 Å². The summed E-state index contributed by atoms with van der Waals surface area (Å²) in [6.45, 7) is 2.15. The Hall–Kier alpha value is -3.59. The fraction of sp³-hybridized carbons (Fsp3) is 0.0800. The van der Waals surface area contributed by atoms with Crippen LogP contribution >= 0.6 is 0 Å². The average molecular weight is 367 g/mol. The van der Waals surface area contributed by atoms with E-state index < -0.39 is 0 Å². The number of para-hydroxylation sites is 1. The van der Waals surface area contributed by atoms with Gasteiger partial charge in [0.1, 0.15) is 5.69 Å². The van der Waals surface area contributed by atoms with Crippen LogP contribution in [0.1, 0.15) is 17.4 Å². The van der Waals surface area contributed by atoms with Crippen LogP contribution in [-0.2, 0) is 4.74 Å². The van der Waals surface area contributed by atoms with E-state index in [0.717, 1.165) is 28.1 Å². The number of ether oxygens (including phenoxy) is 1. The molecular formula is C25H21NO2. The molecule has 0 spiro atoms. The van der Waals surface area contributed by atoms with Crippen LogP contribution in [0.25, 0.3) is 28.1 Å². The smallest absolute Gasteiger partial charge is 0.355 e. The third-order valence-electron chi connectivity index (χ3n) is 4.64. The van der Waals surface area contributed by atoms with Gasteiger partial charge in [0.2, 0.25) is 0 Å². The molecule has 4 aromatic rings. The number of rotatable bonds is 5. The van der Waals surface area contributed by atoms with Crippen LogP contribution < -0.4 is 0 Å². The molecule has 3 aromatic carbocycles. The Balaban J connectivity index is 2.05. The lowest BCUT2D eigenvalue weighted by Gasteiger charge is -2.14. The predicted octanol–water partition coefficient (Wildman–Crippen LogP) is 5.99. The van der Waals surface area contributed by atoms with Gasteiger partial charge in [0.15, 0.2) is 0 Å². The van der Waals surface area contributed by atoms with Crippen molar-refractivity contribution < 1.29 is 9.53 Å². The molecule has 0 unspecified atom stereocenters. The second-order valence-electron chi connectivity index (χ2n) is 6.42. The van der Waals surface area contributed by atoms with E-state index in [2.05, 4.69) is 18.2 Å². The van der Waals surface area contributed by atoms with Crippen molar-refractivity contribution in [1.82, 2.24) is 4.57 Å². The SMILES string of the molecule is CCOC(=O)c1c(-c2ccccc2)cc(-c2ccccc2)n1-c1ccccc1. The number of carbonyl (C=O) groups excluding carboxylic acids is 1. The van der Waals surface area contributed by atoms with Gasteiger partial charge in [-0.3, -0.25) is 0 Å². The highest BCUT2D eigenvalue weighted by atomic mass is 16.5. The largest absolute Gasteiger partial charge is 0.461 e. The van der Waals surface area contributed by atoms with Crippen LogP contribution in [0.15, 0.2) is 97.1 Å². The summed E-state index contributed by atoms with van der Waals surface area (Å²) in [5.41, 5.74) is 5.30. The number of hydrogen-bond acceptors (Lipinski definition) is 2.